The summed E-state index contributed by atoms with van der Waals surface area (Å²) in [6.45, 7) is 4.29. The first-order valence-electron chi connectivity index (χ1n) is 3.88. The van der Waals surface area contributed by atoms with Gasteiger partial charge in [0.2, 0.25) is 0 Å². The largest absolute Gasteiger partial charge is 0.481 e. The van der Waals surface area contributed by atoms with E-state index >= 15 is 0 Å². The van der Waals surface area contributed by atoms with Gasteiger partial charge in [0.25, 0.3) is 0 Å². The Hall–Kier alpha value is -0.530. The smallest absolute Gasteiger partial charge is 0.303 e. The Labute approximate surface area is 62.2 Å². The summed E-state index contributed by atoms with van der Waals surface area (Å²) in [5.41, 5.74) is 0. The zero-order valence-electron chi connectivity index (χ0n) is 6.76. The Kier molecular flexibility index (Phi) is 4.99. The van der Waals surface area contributed by atoms with Crippen molar-refractivity contribution in [3.8, 4) is 0 Å². The Morgan fingerprint density at radius 1 is 1.60 bits per heavy atom. The van der Waals surface area contributed by atoms with E-state index in [1.165, 1.54) is 0 Å². The molecule has 0 aromatic carbocycles. The second-order valence-electron chi connectivity index (χ2n) is 2.80. The maximum Gasteiger partial charge on any atom is 0.303 e. The molecule has 1 N–H and O–H groups in total. The van der Waals surface area contributed by atoms with Crippen molar-refractivity contribution < 1.29 is 9.90 Å². The van der Waals surface area contributed by atoms with E-state index in [-0.39, 0.29) is 0 Å². The molecule has 1 unspecified atom stereocenters. The molecule has 2 heteroatoms. The van der Waals surface area contributed by atoms with Crippen LogP contribution in [-0.2, 0) is 4.79 Å². The van der Waals surface area contributed by atoms with Crippen LogP contribution in [-0.4, -0.2) is 11.1 Å². The van der Waals surface area contributed by atoms with Gasteiger partial charge in [0, 0.05) is 6.42 Å². The third-order valence-corrected chi connectivity index (χ3v) is 1.78. The summed E-state index contributed by atoms with van der Waals surface area (Å²) in [7, 11) is 0. The molecule has 0 aromatic heterocycles. The Morgan fingerprint density at radius 2 is 2.20 bits per heavy atom. The first kappa shape index (κ1) is 9.47. The highest BCUT2D eigenvalue weighted by Gasteiger charge is 2.00. The van der Waals surface area contributed by atoms with Crippen LogP contribution in [0.4, 0.5) is 0 Å². The monoisotopic (exact) mass is 144 g/mol. The molecule has 0 fully saturated rings. The molecule has 0 spiro atoms. The molecule has 0 bridgehead atoms. The third kappa shape index (κ3) is 5.60. The van der Waals surface area contributed by atoms with Gasteiger partial charge in [0.05, 0.1) is 0 Å². The molecular weight excluding hydrogens is 128 g/mol. The fraction of sp³-hybridized carbons (Fsp3) is 0.875. The molecule has 0 heterocycles. The van der Waals surface area contributed by atoms with Gasteiger partial charge in [0.1, 0.15) is 0 Å². The van der Waals surface area contributed by atoms with Crippen molar-refractivity contribution in [2.75, 3.05) is 0 Å². The SMILES string of the molecule is CCC(C)CCCC(=O)O. The number of rotatable bonds is 5. The van der Waals surface area contributed by atoms with Crippen molar-refractivity contribution in [3.05, 3.63) is 0 Å². The van der Waals surface area contributed by atoms with Gasteiger partial charge in [-0.05, 0) is 12.3 Å². The van der Waals surface area contributed by atoms with Crippen LogP contribution in [0.2, 0.25) is 0 Å². The van der Waals surface area contributed by atoms with Crippen LogP contribution in [0.3, 0.4) is 0 Å². The average Bonchev–Trinajstić information content (AvgIpc) is 1.87. The maximum absolute atomic E-state index is 10.1. The van der Waals surface area contributed by atoms with Crippen molar-refractivity contribution >= 4 is 5.97 Å². The molecule has 0 aliphatic rings. The summed E-state index contributed by atoms with van der Waals surface area (Å²) < 4.78 is 0. The highest BCUT2D eigenvalue weighted by atomic mass is 16.4. The lowest BCUT2D eigenvalue weighted by Gasteiger charge is -2.04. The summed E-state index contributed by atoms with van der Waals surface area (Å²) in [4.78, 5) is 10.1. The van der Waals surface area contributed by atoms with Crippen molar-refractivity contribution in [1.29, 1.82) is 0 Å². The molecular formula is C8H16O2. The quantitative estimate of drug-likeness (QED) is 0.642. The number of hydrogen-bond acceptors (Lipinski definition) is 1. The summed E-state index contributed by atoms with van der Waals surface area (Å²) in [5.74, 6) is 0.00246. The lowest BCUT2D eigenvalue weighted by atomic mass is 10.0. The molecule has 10 heavy (non-hydrogen) atoms. The van der Waals surface area contributed by atoms with Gasteiger partial charge in [-0.3, -0.25) is 4.79 Å². The van der Waals surface area contributed by atoms with Crippen LogP contribution in [0.25, 0.3) is 0 Å². The van der Waals surface area contributed by atoms with E-state index in [4.69, 9.17) is 5.11 Å². The van der Waals surface area contributed by atoms with E-state index < -0.39 is 5.97 Å². The normalized spacial score (nSPS) is 13.0. The van der Waals surface area contributed by atoms with Crippen molar-refractivity contribution in [1.82, 2.24) is 0 Å². The number of hydrogen-bond donors (Lipinski definition) is 1. The molecule has 0 saturated carbocycles. The van der Waals surface area contributed by atoms with Crippen LogP contribution in [0, 0.1) is 5.92 Å². The fourth-order valence-corrected chi connectivity index (χ4v) is 0.806. The summed E-state index contributed by atoms with van der Waals surface area (Å²) in [6, 6.07) is 0. The third-order valence-electron chi connectivity index (χ3n) is 1.78. The van der Waals surface area contributed by atoms with E-state index in [1.54, 1.807) is 0 Å². The molecule has 0 aliphatic carbocycles. The summed E-state index contributed by atoms with van der Waals surface area (Å²) >= 11 is 0. The van der Waals surface area contributed by atoms with Crippen molar-refractivity contribution in [2.45, 2.75) is 39.5 Å². The molecule has 2 nitrogen and oxygen atoms in total. The first-order valence-corrected chi connectivity index (χ1v) is 3.88. The van der Waals surface area contributed by atoms with E-state index in [9.17, 15) is 4.79 Å². The second kappa shape index (κ2) is 5.27. The zero-order chi connectivity index (χ0) is 7.98. The molecule has 0 aromatic rings. The minimum absolute atomic E-state index is 0.324. The van der Waals surface area contributed by atoms with E-state index in [0.29, 0.717) is 12.3 Å². The van der Waals surface area contributed by atoms with E-state index in [1.807, 2.05) is 0 Å². The molecule has 0 rings (SSSR count). The van der Waals surface area contributed by atoms with Gasteiger partial charge >= 0.3 is 5.97 Å². The number of aliphatic carboxylic acids is 1. The zero-order valence-corrected chi connectivity index (χ0v) is 6.76. The van der Waals surface area contributed by atoms with E-state index in [2.05, 4.69) is 13.8 Å². The first-order chi connectivity index (χ1) is 4.66. The lowest BCUT2D eigenvalue weighted by Crippen LogP contribution is -1.97. The highest BCUT2D eigenvalue weighted by Crippen LogP contribution is 2.10. The number of carboxylic acid groups (broad SMARTS) is 1. The van der Waals surface area contributed by atoms with Crippen LogP contribution in [0.1, 0.15) is 39.5 Å². The van der Waals surface area contributed by atoms with Crippen LogP contribution in [0.15, 0.2) is 0 Å². The molecule has 0 amide bonds. The fourth-order valence-electron chi connectivity index (χ4n) is 0.806. The molecule has 0 saturated heterocycles. The van der Waals surface area contributed by atoms with Gasteiger partial charge in [-0.15, -0.1) is 0 Å². The molecule has 60 valence electrons. The van der Waals surface area contributed by atoms with Crippen LogP contribution >= 0.6 is 0 Å². The van der Waals surface area contributed by atoms with Gasteiger partial charge in [-0.1, -0.05) is 26.7 Å². The Balaban J connectivity index is 3.11. The van der Waals surface area contributed by atoms with Crippen LogP contribution in [0.5, 0.6) is 0 Å². The van der Waals surface area contributed by atoms with Gasteiger partial charge in [0.15, 0.2) is 0 Å². The molecule has 1 atom stereocenters. The Morgan fingerprint density at radius 3 is 2.60 bits per heavy atom. The van der Waals surface area contributed by atoms with Gasteiger partial charge in [-0.2, -0.15) is 0 Å². The molecule has 0 aliphatic heterocycles. The predicted molar refractivity (Wildman–Crippen MR) is 40.9 cm³/mol. The minimum Gasteiger partial charge on any atom is -0.481 e. The van der Waals surface area contributed by atoms with E-state index in [0.717, 1.165) is 19.3 Å². The summed E-state index contributed by atoms with van der Waals surface area (Å²) in [5, 5.41) is 8.30. The van der Waals surface area contributed by atoms with Gasteiger partial charge < -0.3 is 5.11 Å². The van der Waals surface area contributed by atoms with Gasteiger partial charge in [-0.25, -0.2) is 0 Å². The number of carboxylic acids is 1. The minimum atomic E-state index is -0.677. The average molecular weight is 144 g/mol. The Bertz CT molecular complexity index is 99.4. The predicted octanol–water partition coefficient (Wildman–Crippen LogP) is 2.29. The van der Waals surface area contributed by atoms with Crippen molar-refractivity contribution in [3.63, 3.8) is 0 Å². The summed E-state index contributed by atoms with van der Waals surface area (Å²) in [6.07, 6.45) is 3.34. The highest BCUT2D eigenvalue weighted by molar-refractivity contribution is 5.66. The standard InChI is InChI=1S/C8H16O2/c1-3-7(2)5-4-6-8(9)10/h7H,3-6H2,1-2H3,(H,9,10). The van der Waals surface area contributed by atoms with Crippen LogP contribution < -0.4 is 0 Å². The topological polar surface area (TPSA) is 37.3 Å². The lowest BCUT2D eigenvalue weighted by molar-refractivity contribution is -0.137. The maximum atomic E-state index is 10.1. The second-order valence-corrected chi connectivity index (χ2v) is 2.80. The molecule has 0 radical (unpaired) electrons. The van der Waals surface area contributed by atoms with Crippen molar-refractivity contribution in [2.24, 2.45) is 5.92 Å². The number of carbonyl (C=O) groups is 1.